The van der Waals surface area contributed by atoms with Crippen LogP contribution in [0.25, 0.3) is 35.5 Å². The van der Waals surface area contributed by atoms with Gasteiger partial charge >= 0.3 is 0 Å². The van der Waals surface area contributed by atoms with Crippen LogP contribution in [0.4, 0.5) is 34.1 Å². The molecule has 6 heteroatoms. The van der Waals surface area contributed by atoms with Crippen LogP contribution < -0.4 is 19.3 Å². The second-order valence-corrected chi connectivity index (χ2v) is 14.8. The fourth-order valence-corrected chi connectivity index (χ4v) is 7.42. The quantitative estimate of drug-likeness (QED) is 0.0803. The summed E-state index contributed by atoms with van der Waals surface area (Å²) >= 11 is 0. The molecule has 0 radical (unpaired) electrons. The van der Waals surface area contributed by atoms with Crippen molar-refractivity contribution in [2.75, 3.05) is 24.0 Å². The minimum atomic E-state index is 0.330. The molecule has 8 aromatic rings. The third kappa shape index (κ3) is 9.85. The molecular formula is C58H44N4O2. The zero-order valence-electron chi connectivity index (χ0n) is 35.5. The lowest BCUT2D eigenvalue weighted by Crippen LogP contribution is -2.09. The number of hydrogen-bond donors (Lipinski definition) is 0. The first-order valence-corrected chi connectivity index (χ1v) is 20.8. The van der Waals surface area contributed by atoms with Crippen LogP contribution in [0.15, 0.2) is 206 Å². The number of rotatable bonds is 14. The highest BCUT2D eigenvalue weighted by Gasteiger charge is 2.15. The SMILES string of the molecule is COc1ccc(N(c2ccccc2)c2ccc(/C=C\c3ccc(/C(C#N)=C(/C#N)c4ccc(/C=C\c5ccc(N(c6ccccc6)c6ccc(OC)cc6)cc5)cc4)cc3)cc2)cc1. The van der Waals surface area contributed by atoms with Crippen LogP contribution in [0.3, 0.4) is 0 Å². The van der Waals surface area contributed by atoms with Crippen molar-refractivity contribution in [2.24, 2.45) is 0 Å². The summed E-state index contributed by atoms with van der Waals surface area (Å²) in [6.45, 7) is 0. The zero-order valence-corrected chi connectivity index (χ0v) is 35.5. The number of benzene rings is 8. The lowest BCUT2D eigenvalue weighted by atomic mass is 9.95. The minimum Gasteiger partial charge on any atom is -0.497 e. The van der Waals surface area contributed by atoms with Crippen molar-refractivity contribution in [2.45, 2.75) is 0 Å². The summed E-state index contributed by atoms with van der Waals surface area (Å²) in [4.78, 5) is 4.42. The van der Waals surface area contributed by atoms with Gasteiger partial charge in [-0.3, -0.25) is 0 Å². The van der Waals surface area contributed by atoms with Crippen LogP contribution in [-0.4, -0.2) is 14.2 Å². The van der Waals surface area contributed by atoms with Crippen LogP contribution in [-0.2, 0) is 0 Å². The van der Waals surface area contributed by atoms with Gasteiger partial charge in [0.15, 0.2) is 0 Å². The first kappa shape index (κ1) is 41.9. The molecule has 64 heavy (non-hydrogen) atoms. The van der Waals surface area contributed by atoms with Gasteiger partial charge in [-0.05, 0) is 130 Å². The summed E-state index contributed by atoms with van der Waals surface area (Å²) in [5.74, 6) is 1.62. The zero-order chi connectivity index (χ0) is 44.1. The fraction of sp³-hybridized carbons (Fsp3) is 0.0345. The third-order valence-corrected chi connectivity index (χ3v) is 10.8. The van der Waals surface area contributed by atoms with E-state index in [1.165, 1.54) is 0 Å². The molecule has 0 fully saturated rings. The van der Waals surface area contributed by atoms with E-state index in [1.807, 2.05) is 121 Å². The van der Waals surface area contributed by atoms with Crippen LogP contribution in [0, 0.1) is 22.7 Å². The number of ether oxygens (including phenoxy) is 2. The van der Waals surface area contributed by atoms with Crippen molar-refractivity contribution in [1.82, 2.24) is 0 Å². The Hall–Kier alpha value is -8.84. The van der Waals surface area contributed by atoms with E-state index in [0.717, 1.165) is 67.9 Å². The molecule has 308 valence electrons. The number of hydrogen-bond acceptors (Lipinski definition) is 6. The Morgan fingerprint density at radius 2 is 0.594 bits per heavy atom. The average molecular weight is 829 g/mol. The van der Waals surface area contributed by atoms with Crippen molar-refractivity contribution in [3.63, 3.8) is 0 Å². The molecule has 8 rings (SSSR count). The molecule has 0 atom stereocenters. The second-order valence-electron chi connectivity index (χ2n) is 14.8. The van der Waals surface area contributed by atoms with E-state index in [-0.39, 0.29) is 0 Å². The highest BCUT2D eigenvalue weighted by Crippen LogP contribution is 2.37. The number of para-hydroxylation sites is 2. The monoisotopic (exact) mass is 828 g/mol. The first-order valence-electron chi connectivity index (χ1n) is 20.8. The van der Waals surface area contributed by atoms with E-state index in [1.54, 1.807) is 14.2 Å². The second kappa shape index (κ2) is 20.1. The van der Waals surface area contributed by atoms with E-state index in [9.17, 15) is 10.5 Å². The van der Waals surface area contributed by atoms with E-state index >= 15 is 0 Å². The standard InChI is InChI=1S/C58H44N4O2/c1-63-55-37-33-53(34-38-55)61(49-9-5-3-6-10-49)51-29-21-45(22-30-51)15-13-43-17-25-47(26-18-43)57(41-59)58(42-60)48-27-19-44(20-28-48)14-16-46-23-31-52(32-24-46)62(50-11-7-4-8-12-50)54-35-39-56(64-2)40-36-54/h3-40H,1-2H3/b15-13-,16-14-,58-57-. The summed E-state index contributed by atoms with van der Waals surface area (Å²) < 4.78 is 10.8. The summed E-state index contributed by atoms with van der Waals surface area (Å²) in [5, 5.41) is 20.5. The molecule has 8 aromatic carbocycles. The minimum absolute atomic E-state index is 0.330. The van der Waals surface area contributed by atoms with Gasteiger partial charge in [-0.1, -0.05) is 133 Å². The molecule has 0 bridgehead atoms. The molecule has 0 N–H and O–H groups in total. The molecular weight excluding hydrogens is 785 g/mol. The van der Waals surface area contributed by atoms with Crippen molar-refractivity contribution in [3.05, 3.63) is 240 Å². The molecule has 0 amide bonds. The number of anilines is 6. The largest absolute Gasteiger partial charge is 0.497 e. The van der Waals surface area contributed by atoms with Gasteiger partial charge in [0.1, 0.15) is 23.6 Å². The molecule has 0 spiro atoms. The molecule has 0 aliphatic rings. The smallest absolute Gasteiger partial charge is 0.119 e. The Morgan fingerprint density at radius 1 is 0.344 bits per heavy atom. The summed E-state index contributed by atoms with van der Waals surface area (Å²) in [6.07, 6.45) is 8.21. The highest BCUT2D eigenvalue weighted by atomic mass is 16.5. The maximum atomic E-state index is 10.3. The van der Waals surface area contributed by atoms with Gasteiger partial charge < -0.3 is 19.3 Å². The van der Waals surface area contributed by atoms with Gasteiger partial charge in [-0.25, -0.2) is 0 Å². The summed E-state index contributed by atoms with van der Waals surface area (Å²) in [7, 11) is 3.34. The van der Waals surface area contributed by atoms with Crippen LogP contribution in [0.2, 0.25) is 0 Å². The topological polar surface area (TPSA) is 72.5 Å². The predicted molar refractivity (Wildman–Crippen MR) is 264 cm³/mol. The summed E-state index contributed by atoms with van der Waals surface area (Å²) in [5.41, 5.74) is 12.3. The van der Waals surface area contributed by atoms with Gasteiger partial charge in [-0.2, -0.15) is 10.5 Å². The maximum absolute atomic E-state index is 10.3. The van der Waals surface area contributed by atoms with Gasteiger partial charge in [0.2, 0.25) is 0 Å². The molecule has 0 aliphatic heterocycles. The number of allylic oxidation sites excluding steroid dienone is 2. The van der Waals surface area contributed by atoms with Gasteiger partial charge in [0, 0.05) is 34.1 Å². The maximum Gasteiger partial charge on any atom is 0.119 e. The van der Waals surface area contributed by atoms with Crippen LogP contribution in [0.5, 0.6) is 11.5 Å². The normalized spacial score (nSPS) is 11.4. The number of nitrogens with zero attached hydrogens (tertiary/aromatic N) is 4. The van der Waals surface area contributed by atoms with E-state index in [4.69, 9.17) is 9.47 Å². The fourth-order valence-electron chi connectivity index (χ4n) is 7.42. The molecule has 0 unspecified atom stereocenters. The number of nitriles is 2. The molecule has 0 saturated heterocycles. The first-order chi connectivity index (χ1) is 31.5. The Kier molecular flexibility index (Phi) is 13.2. The lowest BCUT2D eigenvalue weighted by molar-refractivity contribution is 0.414. The molecule has 6 nitrogen and oxygen atoms in total. The Balaban J connectivity index is 0.938. The average Bonchev–Trinajstić information content (AvgIpc) is 3.37. The van der Waals surface area contributed by atoms with Crippen LogP contribution in [0.1, 0.15) is 33.4 Å². The molecule has 0 saturated carbocycles. The van der Waals surface area contributed by atoms with E-state index in [2.05, 4.69) is 131 Å². The Morgan fingerprint density at radius 3 is 0.859 bits per heavy atom. The highest BCUT2D eigenvalue weighted by molar-refractivity contribution is 6.03. The Labute approximate surface area is 375 Å². The Bertz CT molecular complexity index is 2760. The van der Waals surface area contributed by atoms with E-state index < -0.39 is 0 Å². The third-order valence-electron chi connectivity index (χ3n) is 10.8. The summed E-state index contributed by atoms with van der Waals surface area (Å²) in [6, 6.07) is 73.5. The predicted octanol–water partition coefficient (Wildman–Crippen LogP) is 14.9. The van der Waals surface area contributed by atoms with Gasteiger partial charge in [0.05, 0.1) is 25.4 Å². The molecule has 0 aliphatic carbocycles. The van der Waals surface area contributed by atoms with Gasteiger partial charge in [0.25, 0.3) is 0 Å². The van der Waals surface area contributed by atoms with Crippen molar-refractivity contribution >= 4 is 69.6 Å². The molecule has 0 heterocycles. The molecule has 0 aromatic heterocycles. The van der Waals surface area contributed by atoms with Crippen molar-refractivity contribution < 1.29 is 9.47 Å². The lowest BCUT2D eigenvalue weighted by Gasteiger charge is -2.25. The van der Waals surface area contributed by atoms with Gasteiger partial charge in [-0.15, -0.1) is 0 Å². The van der Waals surface area contributed by atoms with E-state index in [0.29, 0.717) is 22.3 Å². The van der Waals surface area contributed by atoms with Crippen molar-refractivity contribution in [1.29, 1.82) is 10.5 Å². The van der Waals surface area contributed by atoms with Crippen LogP contribution >= 0.6 is 0 Å². The van der Waals surface area contributed by atoms with Crippen molar-refractivity contribution in [3.8, 4) is 23.6 Å². The number of methoxy groups -OCH3 is 2.